The quantitative estimate of drug-likeness (QED) is 0.310. The standard InChI is InChI=1S/C17H15N5O6S3/c23-9(3-7-1-2-29-12(7)16(27)28)20-10-13(24)22-11(15(25)26)8(4-30-14(10)22)5-31-17-18-6-19-21-17/h1-2,6,10,14H,3-5H2,(H,20,23)(H,25,26)(H,27,28)(H,18,19,21)/t10?,14-/m0/s1. The molecule has 4 heterocycles. The van der Waals surface area contributed by atoms with Gasteiger partial charge in [0, 0.05) is 11.5 Å². The first kappa shape index (κ1) is 21.4. The molecule has 4 N–H and O–H groups in total. The molecule has 2 aliphatic heterocycles. The number of H-pyrrole nitrogens is 1. The van der Waals surface area contributed by atoms with Crippen molar-refractivity contribution in [2.24, 2.45) is 0 Å². The molecule has 31 heavy (non-hydrogen) atoms. The molecular formula is C17H15N5O6S3. The number of nitrogens with zero attached hydrogens (tertiary/aromatic N) is 3. The van der Waals surface area contributed by atoms with Gasteiger partial charge in [-0.25, -0.2) is 14.6 Å². The fourth-order valence-electron chi connectivity index (χ4n) is 3.27. The van der Waals surface area contributed by atoms with Gasteiger partial charge in [0.05, 0.1) is 6.42 Å². The molecule has 1 fully saturated rings. The number of carbonyl (C=O) groups is 4. The summed E-state index contributed by atoms with van der Waals surface area (Å²) in [6.45, 7) is 0. The molecule has 0 radical (unpaired) electrons. The topological polar surface area (TPSA) is 166 Å². The van der Waals surface area contributed by atoms with Crippen LogP contribution in [0.5, 0.6) is 0 Å². The molecule has 0 aromatic carbocycles. The van der Waals surface area contributed by atoms with Crippen molar-refractivity contribution in [1.29, 1.82) is 0 Å². The lowest BCUT2D eigenvalue weighted by Gasteiger charge is -2.49. The maximum absolute atomic E-state index is 12.7. The van der Waals surface area contributed by atoms with Gasteiger partial charge in [0.1, 0.15) is 28.3 Å². The van der Waals surface area contributed by atoms with Crippen LogP contribution in [0.3, 0.4) is 0 Å². The van der Waals surface area contributed by atoms with E-state index in [2.05, 4.69) is 20.5 Å². The smallest absolute Gasteiger partial charge is 0.352 e. The average Bonchev–Trinajstić information content (AvgIpc) is 3.41. The van der Waals surface area contributed by atoms with Gasteiger partial charge in [-0.2, -0.15) is 5.10 Å². The van der Waals surface area contributed by atoms with Gasteiger partial charge < -0.3 is 15.5 Å². The number of aromatic amines is 1. The highest BCUT2D eigenvalue weighted by atomic mass is 32.2. The van der Waals surface area contributed by atoms with Gasteiger partial charge in [0.2, 0.25) is 5.91 Å². The van der Waals surface area contributed by atoms with Crippen LogP contribution in [0.4, 0.5) is 0 Å². The number of carboxylic acid groups (broad SMARTS) is 2. The van der Waals surface area contributed by atoms with Gasteiger partial charge in [-0.15, -0.1) is 23.1 Å². The summed E-state index contributed by atoms with van der Waals surface area (Å²) in [5, 5.41) is 29.5. The molecule has 2 aromatic rings. The van der Waals surface area contributed by atoms with E-state index in [1.54, 1.807) is 11.4 Å². The number of thiophene rings is 1. The van der Waals surface area contributed by atoms with E-state index in [1.165, 1.54) is 34.8 Å². The molecule has 2 aromatic heterocycles. The summed E-state index contributed by atoms with van der Waals surface area (Å²) in [5.41, 5.74) is 0.877. The number of amides is 2. The lowest BCUT2D eigenvalue weighted by molar-refractivity contribution is -0.150. The molecule has 162 valence electrons. The predicted molar refractivity (Wildman–Crippen MR) is 112 cm³/mol. The average molecular weight is 482 g/mol. The lowest BCUT2D eigenvalue weighted by Crippen LogP contribution is -2.70. The van der Waals surface area contributed by atoms with Crippen molar-refractivity contribution in [3.8, 4) is 0 Å². The number of aliphatic carboxylic acids is 1. The monoisotopic (exact) mass is 481 g/mol. The summed E-state index contributed by atoms with van der Waals surface area (Å²) in [6, 6.07) is 0.698. The van der Waals surface area contributed by atoms with Gasteiger partial charge >= 0.3 is 11.9 Å². The van der Waals surface area contributed by atoms with E-state index in [1.807, 2.05) is 0 Å². The van der Waals surface area contributed by atoms with Crippen molar-refractivity contribution >= 4 is 58.6 Å². The molecule has 1 saturated heterocycles. The molecule has 0 bridgehead atoms. The summed E-state index contributed by atoms with van der Waals surface area (Å²) >= 11 is 3.67. The third kappa shape index (κ3) is 4.18. The Morgan fingerprint density at radius 2 is 2.13 bits per heavy atom. The summed E-state index contributed by atoms with van der Waals surface area (Å²) < 4.78 is 0. The molecule has 4 rings (SSSR count). The number of β-lactam (4-membered cyclic amide) rings is 1. The zero-order chi connectivity index (χ0) is 22.1. The maximum Gasteiger partial charge on any atom is 0.352 e. The van der Waals surface area contributed by atoms with Crippen LogP contribution in [0.1, 0.15) is 15.2 Å². The first-order valence-corrected chi connectivity index (χ1v) is 11.8. The number of rotatable bonds is 8. The normalized spacial score (nSPS) is 20.3. The minimum Gasteiger partial charge on any atom is -0.477 e. The van der Waals surface area contributed by atoms with Crippen LogP contribution in [0.2, 0.25) is 0 Å². The molecule has 2 atom stereocenters. The van der Waals surface area contributed by atoms with Gasteiger partial charge in [-0.1, -0.05) is 11.8 Å². The van der Waals surface area contributed by atoms with E-state index in [0.717, 1.165) is 11.3 Å². The van der Waals surface area contributed by atoms with Gasteiger partial charge in [-0.3, -0.25) is 19.6 Å². The second-order valence-corrected chi connectivity index (χ2v) is 9.53. The van der Waals surface area contributed by atoms with Crippen molar-refractivity contribution in [2.75, 3.05) is 11.5 Å². The predicted octanol–water partition coefficient (Wildman–Crippen LogP) is 0.638. The highest BCUT2D eigenvalue weighted by Gasteiger charge is 2.54. The molecule has 0 spiro atoms. The minimum absolute atomic E-state index is 0.0720. The number of thioether (sulfide) groups is 2. The fourth-order valence-corrected chi connectivity index (χ4v) is 6.30. The van der Waals surface area contributed by atoms with Crippen molar-refractivity contribution in [2.45, 2.75) is 23.0 Å². The molecule has 2 amide bonds. The SMILES string of the molecule is O=C(Cc1ccsc1C(=O)O)NC1C(=O)N2C(C(=O)O)=C(CSc3ncn[nH]3)CS[C@@H]12. The molecule has 1 unspecified atom stereocenters. The van der Waals surface area contributed by atoms with Crippen molar-refractivity contribution < 1.29 is 29.4 Å². The number of hydrogen-bond acceptors (Lipinski definition) is 9. The van der Waals surface area contributed by atoms with E-state index < -0.39 is 35.2 Å². The van der Waals surface area contributed by atoms with Gasteiger partial charge in [-0.05, 0) is 22.6 Å². The largest absolute Gasteiger partial charge is 0.477 e. The molecule has 0 aliphatic carbocycles. The third-order valence-electron chi connectivity index (χ3n) is 4.63. The second-order valence-electron chi connectivity index (χ2n) is 6.55. The van der Waals surface area contributed by atoms with Crippen LogP contribution in [0.15, 0.2) is 34.2 Å². The summed E-state index contributed by atoms with van der Waals surface area (Å²) in [7, 11) is 0. The highest BCUT2D eigenvalue weighted by Crippen LogP contribution is 2.41. The number of aromatic nitrogens is 3. The number of hydrogen-bond donors (Lipinski definition) is 4. The third-order valence-corrected chi connectivity index (χ3v) is 7.88. The molecule has 0 saturated carbocycles. The van der Waals surface area contributed by atoms with Crippen molar-refractivity contribution in [3.05, 3.63) is 39.5 Å². The molecule has 11 nitrogen and oxygen atoms in total. The number of carboxylic acids is 2. The highest BCUT2D eigenvalue weighted by molar-refractivity contribution is 8.01. The van der Waals surface area contributed by atoms with Crippen molar-refractivity contribution in [1.82, 2.24) is 25.4 Å². The van der Waals surface area contributed by atoms with Crippen LogP contribution >= 0.6 is 34.9 Å². The zero-order valence-corrected chi connectivity index (χ0v) is 18.1. The minimum atomic E-state index is -1.21. The van der Waals surface area contributed by atoms with E-state index in [0.29, 0.717) is 27.8 Å². The lowest BCUT2D eigenvalue weighted by atomic mass is 10.0. The van der Waals surface area contributed by atoms with E-state index in [9.17, 15) is 24.3 Å². The fraction of sp³-hybridized carbons (Fsp3) is 0.294. The first-order valence-electron chi connectivity index (χ1n) is 8.84. The Labute approximate surface area is 187 Å². The number of fused-ring (bicyclic) bond motifs is 1. The van der Waals surface area contributed by atoms with Crippen LogP contribution in [-0.4, -0.2) is 77.0 Å². The summed E-state index contributed by atoms with van der Waals surface area (Å²) in [4.78, 5) is 53.4. The summed E-state index contributed by atoms with van der Waals surface area (Å²) in [5.74, 6) is -2.61. The van der Waals surface area contributed by atoms with Crippen LogP contribution in [-0.2, 0) is 20.8 Å². The van der Waals surface area contributed by atoms with E-state index in [4.69, 9.17) is 5.11 Å². The van der Waals surface area contributed by atoms with Crippen molar-refractivity contribution in [3.63, 3.8) is 0 Å². The van der Waals surface area contributed by atoms with Gasteiger partial charge in [0.15, 0.2) is 5.16 Å². The summed E-state index contributed by atoms with van der Waals surface area (Å²) in [6.07, 6.45) is 1.18. The Balaban J connectivity index is 1.43. The Kier molecular flexibility index (Phi) is 6.02. The van der Waals surface area contributed by atoms with E-state index >= 15 is 0 Å². The van der Waals surface area contributed by atoms with Crippen LogP contribution in [0.25, 0.3) is 0 Å². The Morgan fingerprint density at radius 1 is 1.32 bits per heavy atom. The Morgan fingerprint density at radius 3 is 2.81 bits per heavy atom. The van der Waals surface area contributed by atoms with Crippen LogP contribution in [0, 0.1) is 0 Å². The van der Waals surface area contributed by atoms with E-state index in [-0.39, 0.29) is 17.0 Å². The molecule has 14 heteroatoms. The molecular weight excluding hydrogens is 466 g/mol. The second kappa shape index (κ2) is 8.72. The zero-order valence-electron chi connectivity index (χ0n) is 15.6. The van der Waals surface area contributed by atoms with Gasteiger partial charge in [0.25, 0.3) is 5.91 Å². The van der Waals surface area contributed by atoms with Crippen LogP contribution < -0.4 is 5.32 Å². The molecule has 2 aliphatic rings. The Bertz CT molecular complexity index is 1080. The number of aromatic carboxylic acids is 1. The maximum atomic E-state index is 12.7. The number of carbonyl (C=O) groups excluding carboxylic acids is 2. The first-order chi connectivity index (χ1) is 14.9. The number of nitrogens with one attached hydrogen (secondary N) is 2. The Hall–Kier alpha value is -2.84.